The Labute approximate surface area is 196 Å². The standard InChI is InChI=1S/C19H14Cl3N7O3/c1-19(10-3-2-4-11(5-10)29-9-23-26-27-29)17(31)28(18(32)25-19)8-16(30)24-15-7-13(21)12(20)6-14(15)22/h2-7,9H,8H2,1H3,(H,24,30)(H,25,32)/t19-/m0/s1. The summed E-state index contributed by atoms with van der Waals surface area (Å²) in [5.74, 6) is -1.23. The zero-order chi connectivity index (χ0) is 23.0. The number of nitrogens with zero attached hydrogens (tertiary/aromatic N) is 5. The molecule has 1 aliphatic rings. The van der Waals surface area contributed by atoms with Crippen LogP contribution in [0.15, 0.2) is 42.7 Å². The number of amides is 4. The highest BCUT2D eigenvalue weighted by Crippen LogP contribution is 2.33. The Balaban J connectivity index is 1.53. The van der Waals surface area contributed by atoms with Crippen LogP contribution in [-0.4, -0.2) is 49.5 Å². The van der Waals surface area contributed by atoms with Crippen molar-refractivity contribution in [1.82, 2.24) is 30.4 Å². The van der Waals surface area contributed by atoms with Crippen molar-refractivity contribution in [2.24, 2.45) is 0 Å². The highest BCUT2D eigenvalue weighted by molar-refractivity contribution is 6.44. The van der Waals surface area contributed by atoms with E-state index in [1.54, 1.807) is 31.2 Å². The molecule has 0 unspecified atom stereocenters. The topological polar surface area (TPSA) is 122 Å². The molecule has 13 heteroatoms. The first-order valence-corrected chi connectivity index (χ1v) is 10.2. The molecule has 10 nitrogen and oxygen atoms in total. The van der Waals surface area contributed by atoms with Crippen molar-refractivity contribution in [2.75, 3.05) is 11.9 Å². The summed E-state index contributed by atoms with van der Waals surface area (Å²) in [6, 6.07) is 8.86. The Bertz CT molecular complexity index is 1230. The molecule has 3 aromatic rings. The molecule has 0 radical (unpaired) electrons. The van der Waals surface area contributed by atoms with Crippen LogP contribution in [0.3, 0.4) is 0 Å². The summed E-state index contributed by atoms with van der Waals surface area (Å²) in [6.45, 7) is 1.03. The monoisotopic (exact) mass is 493 g/mol. The third-order valence-electron chi connectivity index (χ3n) is 4.90. The number of hydrogen-bond acceptors (Lipinski definition) is 6. The predicted octanol–water partition coefficient (Wildman–Crippen LogP) is 3.03. The fourth-order valence-electron chi connectivity index (χ4n) is 3.23. The van der Waals surface area contributed by atoms with Gasteiger partial charge in [0, 0.05) is 0 Å². The first-order valence-electron chi connectivity index (χ1n) is 9.11. The Kier molecular flexibility index (Phi) is 5.76. The van der Waals surface area contributed by atoms with Gasteiger partial charge < -0.3 is 10.6 Å². The molecule has 0 saturated carbocycles. The minimum atomic E-state index is -1.39. The minimum absolute atomic E-state index is 0.161. The highest BCUT2D eigenvalue weighted by atomic mass is 35.5. The second-order valence-corrected chi connectivity index (χ2v) is 8.27. The molecular weight excluding hydrogens is 481 g/mol. The van der Waals surface area contributed by atoms with E-state index in [2.05, 4.69) is 26.2 Å². The maximum Gasteiger partial charge on any atom is 0.325 e. The van der Waals surface area contributed by atoms with Gasteiger partial charge in [-0.05, 0) is 47.2 Å². The summed E-state index contributed by atoms with van der Waals surface area (Å²) in [5, 5.41) is 16.7. The van der Waals surface area contributed by atoms with E-state index in [1.165, 1.54) is 23.1 Å². The lowest BCUT2D eigenvalue weighted by atomic mass is 9.91. The number of carbonyl (C=O) groups excluding carboxylic acids is 3. The molecule has 0 spiro atoms. The zero-order valence-electron chi connectivity index (χ0n) is 16.3. The first-order chi connectivity index (χ1) is 15.2. The fourth-order valence-corrected chi connectivity index (χ4v) is 3.82. The number of benzene rings is 2. The molecular formula is C19H14Cl3N7O3. The lowest BCUT2D eigenvalue weighted by molar-refractivity contribution is -0.133. The quantitative estimate of drug-likeness (QED) is 0.415. The van der Waals surface area contributed by atoms with E-state index < -0.39 is 29.9 Å². The van der Waals surface area contributed by atoms with Crippen LogP contribution < -0.4 is 10.6 Å². The van der Waals surface area contributed by atoms with Crippen molar-refractivity contribution < 1.29 is 14.4 Å². The average molecular weight is 495 g/mol. The Morgan fingerprint density at radius 1 is 1.12 bits per heavy atom. The van der Waals surface area contributed by atoms with Crippen molar-refractivity contribution in [3.8, 4) is 5.69 Å². The summed E-state index contributed by atoms with van der Waals surface area (Å²) in [7, 11) is 0. The number of urea groups is 1. The summed E-state index contributed by atoms with van der Waals surface area (Å²) < 4.78 is 1.42. The molecule has 1 saturated heterocycles. The summed E-state index contributed by atoms with van der Waals surface area (Å²) in [4.78, 5) is 39.0. The lowest BCUT2D eigenvalue weighted by Crippen LogP contribution is -2.42. The molecule has 4 amide bonds. The van der Waals surface area contributed by atoms with Gasteiger partial charge in [0.05, 0.1) is 26.4 Å². The molecule has 32 heavy (non-hydrogen) atoms. The van der Waals surface area contributed by atoms with E-state index in [-0.39, 0.29) is 20.8 Å². The summed E-state index contributed by atoms with van der Waals surface area (Å²) >= 11 is 17.9. The Hall–Kier alpha value is -3.21. The van der Waals surface area contributed by atoms with E-state index in [0.717, 1.165) is 4.90 Å². The van der Waals surface area contributed by atoms with Crippen LogP contribution in [0.1, 0.15) is 12.5 Å². The van der Waals surface area contributed by atoms with Crippen LogP contribution in [0.25, 0.3) is 5.69 Å². The first kappa shape index (κ1) is 22.0. The minimum Gasteiger partial charge on any atom is -0.323 e. The van der Waals surface area contributed by atoms with Gasteiger partial charge in [0.2, 0.25) is 5.91 Å². The van der Waals surface area contributed by atoms with Crippen LogP contribution in [0.4, 0.5) is 10.5 Å². The number of anilines is 1. The number of rotatable bonds is 5. The number of carbonyl (C=O) groups is 3. The molecule has 1 atom stereocenters. The Morgan fingerprint density at radius 3 is 2.59 bits per heavy atom. The second kappa shape index (κ2) is 8.38. The van der Waals surface area contributed by atoms with Crippen molar-refractivity contribution in [1.29, 1.82) is 0 Å². The van der Waals surface area contributed by atoms with Gasteiger partial charge >= 0.3 is 6.03 Å². The maximum atomic E-state index is 13.1. The lowest BCUT2D eigenvalue weighted by Gasteiger charge is -2.22. The van der Waals surface area contributed by atoms with E-state index in [4.69, 9.17) is 34.8 Å². The number of tetrazole rings is 1. The van der Waals surface area contributed by atoms with Crippen molar-refractivity contribution in [3.05, 3.63) is 63.4 Å². The van der Waals surface area contributed by atoms with Crippen molar-refractivity contribution in [2.45, 2.75) is 12.5 Å². The average Bonchev–Trinajstić information content (AvgIpc) is 3.36. The van der Waals surface area contributed by atoms with Gasteiger partial charge in [-0.1, -0.05) is 46.9 Å². The smallest absolute Gasteiger partial charge is 0.323 e. The predicted molar refractivity (Wildman–Crippen MR) is 117 cm³/mol. The van der Waals surface area contributed by atoms with Crippen LogP contribution in [0, 0.1) is 0 Å². The van der Waals surface area contributed by atoms with Gasteiger partial charge in [0.25, 0.3) is 5.91 Å². The molecule has 1 aromatic heterocycles. The van der Waals surface area contributed by atoms with E-state index >= 15 is 0 Å². The van der Waals surface area contributed by atoms with Gasteiger partial charge in [0.15, 0.2) is 0 Å². The van der Waals surface area contributed by atoms with Crippen LogP contribution in [0.5, 0.6) is 0 Å². The molecule has 164 valence electrons. The molecule has 4 rings (SSSR count). The zero-order valence-corrected chi connectivity index (χ0v) is 18.6. The molecule has 1 aliphatic heterocycles. The third-order valence-corrected chi connectivity index (χ3v) is 5.93. The van der Waals surface area contributed by atoms with Crippen molar-refractivity contribution >= 4 is 58.3 Å². The Morgan fingerprint density at radius 2 is 1.88 bits per heavy atom. The summed E-state index contributed by atoms with van der Waals surface area (Å²) in [5.41, 5.74) is -0.0849. The molecule has 0 aliphatic carbocycles. The number of imide groups is 1. The third kappa shape index (κ3) is 3.99. The fraction of sp³-hybridized carbons (Fsp3) is 0.158. The SMILES string of the molecule is C[C@@]1(c2cccc(-n3cnnn3)c2)NC(=O)N(CC(=O)Nc2cc(Cl)c(Cl)cc2Cl)C1=O. The van der Waals surface area contributed by atoms with Gasteiger partial charge in [-0.25, -0.2) is 9.48 Å². The molecule has 2 N–H and O–H groups in total. The largest absolute Gasteiger partial charge is 0.325 e. The van der Waals surface area contributed by atoms with Crippen LogP contribution >= 0.6 is 34.8 Å². The van der Waals surface area contributed by atoms with Gasteiger partial charge in [-0.2, -0.15) is 0 Å². The normalized spacial score (nSPS) is 18.1. The number of halogens is 3. The van der Waals surface area contributed by atoms with E-state index in [1.807, 2.05) is 0 Å². The van der Waals surface area contributed by atoms with Gasteiger partial charge in [-0.3, -0.25) is 14.5 Å². The number of nitrogens with one attached hydrogen (secondary N) is 2. The molecule has 2 aromatic carbocycles. The van der Waals surface area contributed by atoms with Crippen LogP contribution in [0.2, 0.25) is 15.1 Å². The van der Waals surface area contributed by atoms with Crippen molar-refractivity contribution in [3.63, 3.8) is 0 Å². The number of aromatic nitrogens is 4. The summed E-state index contributed by atoms with van der Waals surface area (Å²) in [6.07, 6.45) is 1.40. The second-order valence-electron chi connectivity index (χ2n) is 7.05. The highest BCUT2D eigenvalue weighted by Gasteiger charge is 2.49. The molecule has 1 fully saturated rings. The van der Waals surface area contributed by atoms with Gasteiger partial charge in [-0.15, -0.1) is 5.10 Å². The molecule has 2 heterocycles. The van der Waals surface area contributed by atoms with E-state index in [0.29, 0.717) is 11.3 Å². The van der Waals surface area contributed by atoms with Gasteiger partial charge in [0.1, 0.15) is 18.4 Å². The molecule has 0 bridgehead atoms. The van der Waals surface area contributed by atoms with Crippen LogP contribution in [-0.2, 0) is 15.1 Å². The van der Waals surface area contributed by atoms with E-state index in [9.17, 15) is 14.4 Å². The maximum absolute atomic E-state index is 13.1. The number of hydrogen-bond donors (Lipinski definition) is 2.